The molecule has 2 nitrogen and oxygen atoms in total. The molecule has 0 amide bonds. The van der Waals surface area contributed by atoms with E-state index in [1.54, 1.807) is 12.1 Å². The second-order valence-electron chi connectivity index (χ2n) is 5.55. The van der Waals surface area contributed by atoms with Gasteiger partial charge in [-0.05, 0) is 37.1 Å². The van der Waals surface area contributed by atoms with Crippen molar-refractivity contribution in [2.45, 2.75) is 31.8 Å². The molecule has 2 aliphatic heterocycles. The highest BCUT2D eigenvalue weighted by atomic mass is 19.1. The van der Waals surface area contributed by atoms with Gasteiger partial charge < -0.3 is 0 Å². The van der Waals surface area contributed by atoms with Gasteiger partial charge >= 0.3 is 0 Å². The predicted molar refractivity (Wildman–Crippen MR) is 70.9 cm³/mol. The van der Waals surface area contributed by atoms with Gasteiger partial charge in [0.2, 0.25) is 0 Å². The first kappa shape index (κ1) is 12.1. The minimum atomic E-state index is -0.143. The summed E-state index contributed by atoms with van der Waals surface area (Å²) in [6.45, 7) is 5.77. The standard InChI is InChI=1S/C15H21FN2/c16-14-6-4-13(5-7-14)11-17-9-10-18-8-2-1-3-15(18)12-17/h4-7,15H,1-3,8-12H2. The summed E-state index contributed by atoms with van der Waals surface area (Å²) in [6.07, 6.45) is 4.10. The van der Waals surface area contributed by atoms with Crippen LogP contribution in [0.1, 0.15) is 24.8 Å². The molecule has 2 fully saturated rings. The molecule has 0 aliphatic carbocycles. The maximum absolute atomic E-state index is 12.9. The SMILES string of the molecule is Fc1ccc(CN2CCN3CCCCC3C2)cc1. The fourth-order valence-corrected chi connectivity index (χ4v) is 3.21. The molecule has 0 aromatic heterocycles. The van der Waals surface area contributed by atoms with E-state index in [2.05, 4.69) is 9.80 Å². The van der Waals surface area contributed by atoms with Crippen molar-refractivity contribution in [1.29, 1.82) is 0 Å². The molecule has 1 atom stereocenters. The molecule has 98 valence electrons. The van der Waals surface area contributed by atoms with Crippen molar-refractivity contribution in [1.82, 2.24) is 9.80 Å². The van der Waals surface area contributed by atoms with Crippen LogP contribution in [0.2, 0.25) is 0 Å². The fraction of sp³-hybridized carbons (Fsp3) is 0.600. The average Bonchev–Trinajstić information content (AvgIpc) is 2.41. The van der Waals surface area contributed by atoms with Gasteiger partial charge in [0.15, 0.2) is 0 Å². The van der Waals surface area contributed by atoms with Crippen LogP contribution in [0.5, 0.6) is 0 Å². The molecule has 0 N–H and O–H groups in total. The van der Waals surface area contributed by atoms with Crippen molar-refractivity contribution in [2.75, 3.05) is 26.2 Å². The van der Waals surface area contributed by atoms with E-state index in [4.69, 9.17) is 0 Å². The molecular formula is C15H21FN2. The zero-order chi connectivity index (χ0) is 12.4. The summed E-state index contributed by atoms with van der Waals surface area (Å²) in [4.78, 5) is 5.16. The summed E-state index contributed by atoms with van der Waals surface area (Å²) in [5.74, 6) is -0.143. The Bertz CT molecular complexity index is 390. The van der Waals surface area contributed by atoms with E-state index in [9.17, 15) is 4.39 Å². The Labute approximate surface area is 108 Å². The summed E-state index contributed by atoms with van der Waals surface area (Å²) in [6, 6.07) is 7.69. The zero-order valence-electron chi connectivity index (χ0n) is 10.8. The lowest BCUT2D eigenvalue weighted by Gasteiger charge is -2.44. The fourth-order valence-electron chi connectivity index (χ4n) is 3.21. The summed E-state index contributed by atoms with van der Waals surface area (Å²) >= 11 is 0. The van der Waals surface area contributed by atoms with Gasteiger partial charge in [-0.25, -0.2) is 4.39 Å². The largest absolute Gasteiger partial charge is 0.298 e. The first-order valence-corrected chi connectivity index (χ1v) is 7.02. The molecule has 1 aromatic carbocycles. The van der Waals surface area contributed by atoms with Crippen molar-refractivity contribution in [2.24, 2.45) is 0 Å². The third-order valence-corrected chi connectivity index (χ3v) is 4.24. The van der Waals surface area contributed by atoms with Gasteiger partial charge in [0.1, 0.15) is 5.82 Å². The maximum Gasteiger partial charge on any atom is 0.123 e. The van der Waals surface area contributed by atoms with Gasteiger partial charge in [-0.1, -0.05) is 18.6 Å². The lowest BCUT2D eigenvalue weighted by Crippen LogP contribution is -2.54. The smallest absolute Gasteiger partial charge is 0.123 e. The molecule has 3 rings (SSSR count). The number of halogens is 1. The van der Waals surface area contributed by atoms with Gasteiger partial charge in [0.05, 0.1) is 0 Å². The predicted octanol–water partition coefficient (Wildman–Crippen LogP) is 2.50. The van der Waals surface area contributed by atoms with Crippen LogP contribution in [0, 0.1) is 5.82 Å². The molecule has 1 unspecified atom stereocenters. The van der Waals surface area contributed by atoms with E-state index in [1.165, 1.54) is 44.5 Å². The average molecular weight is 248 g/mol. The Morgan fingerprint density at radius 1 is 1.06 bits per heavy atom. The molecule has 0 saturated carbocycles. The lowest BCUT2D eigenvalue weighted by atomic mass is 9.99. The highest BCUT2D eigenvalue weighted by molar-refractivity contribution is 5.16. The van der Waals surface area contributed by atoms with Crippen molar-refractivity contribution in [3.05, 3.63) is 35.6 Å². The number of nitrogens with zero attached hydrogens (tertiary/aromatic N) is 2. The zero-order valence-corrected chi connectivity index (χ0v) is 10.8. The normalized spacial score (nSPS) is 25.9. The second-order valence-corrected chi connectivity index (χ2v) is 5.55. The van der Waals surface area contributed by atoms with Crippen LogP contribution >= 0.6 is 0 Å². The number of hydrogen-bond donors (Lipinski definition) is 0. The van der Waals surface area contributed by atoms with Crippen LogP contribution in [0.15, 0.2) is 24.3 Å². The summed E-state index contributed by atoms with van der Waals surface area (Å²) in [5.41, 5.74) is 1.22. The van der Waals surface area contributed by atoms with Crippen LogP contribution in [-0.2, 0) is 6.54 Å². The van der Waals surface area contributed by atoms with Crippen molar-refractivity contribution in [3.63, 3.8) is 0 Å². The molecule has 2 saturated heterocycles. The highest BCUT2D eigenvalue weighted by Gasteiger charge is 2.28. The quantitative estimate of drug-likeness (QED) is 0.793. The van der Waals surface area contributed by atoms with E-state index in [-0.39, 0.29) is 5.82 Å². The van der Waals surface area contributed by atoms with Crippen molar-refractivity contribution >= 4 is 0 Å². The summed E-state index contributed by atoms with van der Waals surface area (Å²) in [7, 11) is 0. The Morgan fingerprint density at radius 2 is 1.89 bits per heavy atom. The molecule has 0 spiro atoms. The Hall–Kier alpha value is -0.930. The van der Waals surface area contributed by atoms with Gasteiger partial charge in [-0.3, -0.25) is 9.80 Å². The number of benzene rings is 1. The summed E-state index contributed by atoms with van der Waals surface area (Å²) in [5, 5.41) is 0. The van der Waals surface area contributed by atoms with Crippen molar-refractivity contribution in [3.8, 4) is 0 Å². The molecular weight excluding hydrogens is 227 g/mol. The Balaban J connectivity index is 1.59. The minimum absolute atomic E-state index is 0.143. The molecule has 0 bridgehead atoms. The molecule has 2 aliphatic rings. The van der Waals surface area contributed by atoms with Crippen LogP contribution in [0.4, 0.5) is 4.39 Å². The van der Waals surface area contributed by atoms with Crippen LogP contribution < -0.4 is 0 Å². The van der Waals surface area contributed by atoms with Crippen LogP contribution in [-0.4, -0.2) is 42.0 Å². The molecule has 1 aromatic rings. The van der Waals surface area contributed by atoms with Gasteiger partial charge in [-0.15, -0.1) is 0 Å². The minimum Gasteiger partial charge on any atom is -0.298 e. The number of hydrogen-bond acceptors (Lipinski definition) is 2. The van der Waals surface area contributed by atoms with Crippen LogP contribution in [0.25, 0.3) is 0 Å². The molecule has 18 heavy (non-hydrogen) atoms. The number of piperazine rings is 1. The highest BCUT2D eigenvalue weighted by Crippen LogP contribution is 2.22. The van der Waals surface area contributed by atoms with E-state index >= 15 is 0 Å². The van der Waals surface area contributed by atoms with E-state index in [0.717, 1.165) is 19.1 Å². The van der Waals surface area contributed by atoms with Gasteiger partial charge in [0.25, 0.3) is 0 Å². The van der Waals surface area contributed by atoms with E-state index < -0.39 is 0 Å². The van der Waals surface area contributed by atoms with Gasteiger partial charge in [0, 0.05) is 32.2 Å². The topological polar surface area (TPSA) is 6.48 Å². The second kappa shape index (κ2) is 5.37. The molecule has 0 radical (unpaired) electrons. The van der Waals surface area contributed by atoms with Crippen molar-refractivity contribution < 1.29 is 4.39 Å². The lowest BCUT2D eigenvalue weighted by molar-refractivity contribution is 0.0457. The van der Waals surface area contributed by atoms with Gasteiger partial charge in [-0.2, -0.15) is 0 Å². The monoisotopic (exact) mass is 248 g/mol. The first-order valence-electron chi connectivity index (χ1n) is 7.02. The summed E-state index contributed by atoms with van der Waals surface area (Å²) < 4.78 is 12.9. The maximum atomic E-state index is 12.9. The number of rotatable bonds is 2. The first-order chi connectivity index (χ1) is 8.81. The third kappa shape index (κ3) is 2.73. The molecule has 3 heteroatoms. The van der Waals surface area contributed by atoms with E-state index in [0.29, 0.717) is 0 Å². The molecule has 2 heterocycles. The van der Waals surface area contributed by atoms with Crippen LogP contribution in [0.3, 0.4) is 0 Å². The number of piperidine rings is 1. The Morgan fingerprint density at radius 3 is 2.72 bits per heavy atom. The Kier molecular flexibility index (Phi) is 3.62. The third-order valence-electron chi connectivity index (χ3n) is 4.24. The van der Waals surface area contributed by atoms with E-state index in [1.807, 2.05) is 12.1 Å². The number of fused-ring (bicyclic) bond motifs is 1.